The molecule has 0 spiro atoms. The second kappa shape index (κ2) is 3.76. The van der Waals surface area contributed by atoms with Gasteiger partial charge in [0.25, 0.3) is 0 Å². The van der Waals surface area contributed by atoms with Crippen LogP contribution in [0.25, 0.3) is 0 Å². The summed E-state index contributed by atoms with van der Waals surface area (Å²) in [5, 5.41) is 0. The van der Waals surface area contributed by atoms with Crippen molar-refractivity contribution in [2.24, 2.45) is 5.73 Å². The molecule has 2 amide bonds. The van der Waals surface area contributed by atoms with E-state index >= 15 is 0 Å². The van der Waals surface area contributed by atoms with E-state index in [4.69, 9.17) is 5.73 Å². The molecular weight excluding hydrogens is 154 g/mol. The average molecular weight is 171 g/mol. The molecule has 0 aromatic carbocycles. The van der Waals surface area contributed by atoms with E-state index in [1.54, 1.807) is 16.8 Å². The van der Waals surface area contributed by atoms with Crippen LogP contribution < -0.4 is 5.73 Å². The maximum atomic E-state index is 11.5. The molecule has 0 aromatic heterocycles. The van der Waals surface area contributed by atoms with E-state index in [1.807, 2.05) is 7.05 Å². The van der Waals surface area contributed by atoms with E-state index in [2.05, 4.69) is 0 Å². The van der Waals surface area contributed by atoms with Gasteiger partial charge < -0.3 is 15.5 Å². The number of hydrogen-bond donors (Lipinski definition) is 1. The quantitative estimate of drug-likeness (QED) is 0.654. The van der Waals surface area contributed by atoms with E-state index < -0.39 is 0 Å². The summed E-state index contributed by atoms with van der Waals surface area (Å²) < 4.78 is 0. The van der Waals surface area contributed by atoms with Crippen LogP contribution in [-0.2, 0) is 0 Å². The molecule has 0 atom stereocenters. The number of nitrogens with two attached hydrogens (primary N) is 1. The molecule has 2 N–H and O–H groups in total. The Balaban J connectivity index is 2.33. The molecule has 0 aliphatic heterocycles. The highest BCUT2D eigenvalue weighted by Crippen LogP contribution is 2.25. The Labute approximate surface area is 73.3 Å². The van der Waals surface area contributed by atoms with Crippen LogP contribution in [0.2, 0.25) is 0 Å². The fourth-order valence-electron chi connectivity index (χ4n) is 1.18. The molecule has 70 valence electrons. The van der Waals surface area contributed by atoms with Crippen LogP contribution in [-0.4, -0.2) is 49.1 Å². The minimum Gasteiger partial charge on any atom is -0.329 e. The van der Waals surface area contributed by atoms with Crippen molar-refractivity contribution >= 4 is 6.03 Å². The number of hydrogen-bond acceptors (Lipinski definition) is 2. The lowest BCUT2D eigenvalue weighted by Crippen LogP contribution is -2.41. The van der Waals surface area contributed by atoms with Gasteiger partial charge in [0.15, 0.2) is 0 Å². The number of nitrogens with zero attached hydrogens (tertiary/aromatic N) is 2. The first-order chi connectivity index (χ1) is 5.66. The van der Waals surface area contributed by atoms with E-state index in [9.17, 15) is 4.79 Å². The van der Waals surface area contributed by atoms with Crippen LogP contribution in [0, 0.1) is 0 Å². The Kier molecular flexibility index (Phi) is 2.92. The molecule has 0 bridgehead atoms. The van der Waals surface area contributed by atoms with Crippen molar-refractivity contribution in [2.45, 2.75) is 18.9 Å². The smallest absolute Gasteiger partial charge is 0.319 e. The van der Waals surface area contributed by atoms with Crippen LogP contribution in [0.3, 0.4) is 0 Å². The van der Waals surface area contributed by atoms with Crippen molar-refractivity contribution in [2.75, 3.05) is 27.2 Å². The first-order valence-corrected chi connectivity index (χ1v) is 4.34. The maximum absolute atomic E-state index is 11.5. The third-order valence-electron chi connectivity index (χ3n) is 2.19. The Morgan fingerprint density at radius 3 is 2.50 bits per heavy atom. The number of rotatable bonds is 3. The molecule has 0 aromatic rings. The fourth-order valence-corrected chi connectivity index (χ4v) is 1.18. The monoisotopic (exact) mass is 171 g/mol. The van der Waals surface area contributed by atoms with Crippen molar-refractivity contribution in [1.29, 1.82) is 0 Å². The zero-order valence-corrected chi connectivity index (χ0v) is 7.79. The molecule has 12 heavy (non-hydrogen) atoms. The summed E-state index contributed by atoms with van der Waals surface area (Å²) in [5.74, 6) is 0. The van der Waals surface area contributed by atoms with Gasteiger partial charge in [0.05, 0.1) is 0 Å². The lowest BCUT2D eigenvalue weighted by Gasteiger charge is -2.24. The summed E-state index contributed by atoms with van der Waals surface area (Å²) in [5.41, 5.74) is 5.35. The standard InChI is InChI=1S/C8H17N3O/c1-10(6-5-9)8(12)11(2)7-3-4-7/h7H,3-6,9H2,1-2H3. The Morgan fingerprint density at radius 1 is 1.50 bits per heavy atom. The minimum atomic E-state index is 0.0861. The first kappa shape index (κ1) is 9.32. The number of carbonyl (C=O) groups excluding carboxylic acids is 1. The van der Waals surface area contributed by atoms with Gasteiger partial charge in [0.1, 0.15) is 0 Å². The molecule has 0 radical (unpaired) electrons. The zero-order valence-electron chi connectivity index (χ0n) is 7.79. The summed E-state index contributed by atoms with van der Waals surface area (Å²) in [6.07, 6.45) is 2.30. The number of urea groups is 1. The third kappa shape index (κ3) is 2.11. The Bertz CT molecular complexity index is 168. The van der Waals surface area contributed by atoms with Crippen LogP contribution in [0.15, 0.2) is 0 Å². The van der Waals surface area contributed by atoms with E-state index in [-0.39, 0.29) is 6.03 Å². The predicted octanol–water partition coefficient (Wildman–Crippen LogP) is 0.0911. The average Bonchev–Trinajstić information content (AvgIpc) is 2.84. The van der Waals surface area contributed by atoms with Crippen LogP contribution in [0.5, 0.6) is 0 Å². The molecule has 1 saturated carbocycles. The maximum Gasteiger partial charge on any atom is 0.319 e. The highest BCUT2D eigenvalue weighted by atomic mass is 16.2. The van der Waals surface area contributed by atoms with Crippen molar-refractivity contribution in [1.82, 2.24) is 9.80 Å². The molecule has 4 heteroatoms. The van der Waals surface area contributed by atoms with Gasteiger partial charge in [-0.25, -0.2) is 4.79 Å². The molecule has 0 heterocycles. The molecule has 4 nitrogen and oxygen atoms in total. The number of amides is 2. The third-order valence-corrected chi connectivity index (χ3v) is 2.19. The van der Waals surface area contributed by atoms with Gasteiger partial charge in [-0.1, -0.05) is 0 Å². The van der Waals surface area contributed by atoms with Crippen molar-refractivity contribution in [3.8, 4) is 0 Å². The lowest BCUT2D eigenvalue weighted by atomic mass is 10.5. The number of likely N-dealkylation sites (N-methyl/N-ethyl adjacent to an activating group) is 1. The summed E-state index contributed by atoms with van der Waals surface area (Å²) in [6.45, 7) is 1.16. The summed E-state index contributed by atoms with van der Waals surface area (Å²) in [4.78, 5) is 15.0. The van der Waals surface area contributed by atoms with Gasteiger partial charge in [-0.3, -0.25) is 0 Å². The van der Waals surface area contributed by atoms with Crippen molar-refractivity contribution in [3.63, 3.8) is 0 Å². The van der Waals surface area contributed by atoms with Gasteiger partial charge in [-0.15, -0.1) is 0 Å². The molecule has 1 aliphatic rings. The minimum absolute atomic E-state index is 0.0861. The normalized spacial score (nSPS) is 15.9. The van der Waals surface area contributed by atoms with Crippen molar-refractivity contribution in [3.05, 3.63) is 0 Å². The zero-order chi connectivity index (χ0) is 9.14. The fraction of sp³-hybridized carbons (Fsp3) is 0.875. The second-order valence-corrected chi connectivity index (χ2v) is 3.33. The summed E-state index contributed by atoms with van der Waals surface area (Å²) in [7, 11) is 3.64. The second-order valence-electron chi connectivity index (χ2n) is 3.33. The van der Waals surface area contributed by atoms with E-state index in [0.717, 1.165) is 12.8 Å². The highest BCUT2D eigenvalue weighted by Gasteiger charge is 2.30. The van der Waals surface area contributed by atoms with Gasteiger partial charge in [0.2, 0.25) is 0 Å². The molecule has 1 fully saturated rings. The highest BCUT2D eigenvalue weighted by molar-refractivity contribution is 5.74. The molecule has 0 unspecified atom stereocenters. The summed E-state index contributed by atoms with van der Waals surface area (Å²) >= 11 is 0. The van der Waals surface area contributed by atoms with Crippen LogP contribution in [0.4, 0.5) is 4.79 Å². The Morgan fingerprint density at radius 2 is 2.08 bits per heavy atom. The van der Waals surface area contributed by atoms with Crippen LogP contribution in [0.1, 0.15) is 12.8 Å². The molecule has 1 rings (SSSR count). The molecular formula is C8H17N3O. The lowest BCUT2D eigenvalue weighted by molar-refractivity contribution is 0.172. The van der Waals surface area contributed by atoms with Gasteiger partial charge >= 0.3 is 6.03 Å². The van der Waals surface area contributed by atoms with E-state index in [1.165, 1.54) is 0 Å². The van der Waals surface area contributed by atoms with Crippen LogP contribution >= 0.6 is 0 Å². The summed E-state index contributed by atoms with van der Waals surface area (Å²) in [6, 6.07) is 0.570. The number of carbonyl (C=O) groups is 1. The topological polar surface area (TPSA) is 49.6 Å². The van der Waals surface area contributed by atoms with Gasteiger partial charge in [-0.05, 0) is 12.8 Å². The molecule has 0 saturated heterocycles. The predicted molar refractivity (Wildman–Crippen MR) is 47.9 cm³/mol. The largest absolute Gasteiger partial charge is 0.329 e. The van der Waals surface area contributed by atoms with Gasteiger partial charge in [0, 0.05) is 33.2 Å². The first-order valence-electron chi connectivity index (χ1n) is 4.34. The van der Waals surface area contributed by atoms with Crippen molar-refractivity contribution < 1.29 is 4.79 Å². The SMILES string of the molecule is CN(CCN)C(=O)N(C)C1CC1. The Hall–Kier alpha value is -0.770. The van der Waals surface area contributed by atoms with Gasteiger partial charge in [-0.2, -0.15) is 0 Å². The van der Waals surface area contributed by atoms with E-state index in [0.29, 0.717) is 19.1 Å². The molecule has 1 aliphatic carbocycles.